The summed E-state index contributed by atoms with van der Waals surface area (Å²) in [6, 6.07) is 2.02. The van der Waals surface area contributed by atoms with Crippen LogP contribution in [0.2, 0.25) is 0 Å². The monoisotopic (exact) mass is 242 g/mol. The molecule has 0 aromatic carbocycles. The van der Waals surface area contributed by atoms with E-state index in [1.165, 1.54) is 0 Å². The highest BCUT2D eigenvalue weighted by atomic mass is 16.5. The number of aromatic nitrogens is 1. The van der Waals surface area contributed by atoms with Gasteiger partial charge in [-0.2, -0.15) is 0 Å². The zero-order valence-electron chi connectivity index (χ0n) is 10.4. The second-order valence-electron chi connectivity index (χ2n) is 3.68. The van der Waals surface area contributed by atoms with Crippen LogP contribution in [0.25, 0.3) is 0 Å². The Balaban J connectivity index is 1.93. The van der Waals surface area contributed by atoms with Crippen LogP contribution in [-0.2, 0) is 27.3 Å². The van der Waals surface area contributed by atoms with Crippen molar-refractivity contribution < 1.29 is 14.2 Å². The summed E-state index contributed by atoms with van der Waals surface area (Å²) in [5.74, 6) is 0. The molecule has 5 heteroatoms. The summed E-state index contributed by atoms with van der Waals surface area (Å²) < 4.78 is 17.7. The molecule has 0 aliphatic rings. The van der Waals surface area contributed by atoms with Crippen molar-refractivity contribution >= 4 is 0 Å². The Morgan fingerprint density at radius 1 is 1.12 bits per heavy atom. The van der Waals surface area contributed by atoms with E-state index in [1.54, 1.807) is 7.11 Å². The first-order valence-electron chi connectivity index (χ1n) is 5.86. The molecule has 2 N–H and O–H groups in total. The number of rotatable bonds is 10. The van der Waals surface area contributed by atoms with Gasteiger partial charge in [0.25, 0.3) is 0 Å². The van der Waals surface area contributed by atoms with Crippen LogP contribution in [0.3, 0.4) is 0 Å². The van der Waals surface area contributed by atoms with E-state index in [4.69, 9.17) is 19.9 Å². The number of hydrogen-bond donors (Lipinski definition) is 1. The third-order valence-electron chi connectivity index (χ3n) is 2.35. The van der Waals surface area contributed by atoms with Gasteiger partial charge in [-0.1, -0.05) is 0 Å². The number of nitrogens with two attached hydrogens (primary N) is 1. The van der Waals surface area contributed by atoms with Gasteiger partial charge < -0.3 is 24.5 Å². The maximum Gasteiger partial charge on any atom is 0.0701 e. The maximum absolute atomic E-state index is 5.53. The summed E-state index contributed by atoms with van der Waals surface area (Å²) in [6.45, 7) is 4.60. The van der Waals surface area contributed by atoms with Crippen LogP contribution in [0.4, 0.5) is 0 Å². The molecule has 0 radical (unpaired) electrons. The minimum absolute atomic E-state index is 0.585. The summed E-state index contributed by atoms with van der Waals surface area (Å²) in [4.78, 5) is 0. The Morgan fingerprint density at radius 2 is 1.82 bits per heavy atom. The van der Waals surface area contributed by atoms with Crippen LogP contribution < -0.4 is 5.73 Å². The van der Waals surface area contributed by atoms with Gasteiger partial charge in [-0.3, -0.25) is 0 Å². The first-order valence-corrected chi connectivity index (χ1v) is 5.86. The molecule has 0 aliphatic carbocycles. The molecule has 5 nitrogen and oxygen atoms in total. The standard InChI is InChI=1S/C12H22N2O3/c1-15-6-7-17-9-8-16-5-4-14-3-2-12(10-13)11-14/h2-3,11H,4-10,13H2,1H3. The van der Waals surface area contributed by atoms with E-state index in [0.717, 1.165) is 12.1 Å². The Hall–Kier alpha value is -0.880. The largest absolute Gasteiger partial charge is 0.382 e. The predicted molar refractivity (Wildman–Crippen MR) is 65.8 cm³/mol. The number of nitrogens with zero attached hydrogens (tertiary/aromatic N) is 1. The first-order chi connectivity index (χ1) is 8.36. The van der Waals surface area contributed by atoms with Crippen LogP contribution in [0, 0.1) is 0 Å². The molecule has 1 rings (SSSR count). The summed E-state index contributed by atoms with van der Waals surface area (Å²) >= 11 is 0. The van der Waals surface area contributed by atoms with Gasteiger partial charge in [-0.15, -0.1) is 0 Å². The van der Waals surface area contributed by atoms with Crippen molar-refractivity contribution in [2.75, 3.05) is 40.1 Å². The molecular formula is C12H22N2O3. The molecule has 0 saturated heterocycles. The van der Waals surface area contributed by atoms with Crippen LogP contribution in [0.5, 0.6) is 0 Å². The Kier molecular flexibility index (Phi) is 7.66. The second kappa shape index (κ2) is 9.18. The Morgan fingerprint density at radius 3 is 2.47 bits per heavy atom. The lowest BCUT2D eigenvalue weighted by Crippen LogP contribution is -2.11. The van der Waals surface area contributed by atoms with Crippen molar-refractivity contribution in [3.8, 4) is 0 Å². The zero-order valence-corrected chi connectivity index (χ0v) is 10.4. The van der Waals surface area contributed by atoms with Crippen molar-refractivity contribution in [1.29, 1.82) is 0 Å². The molecule has 0 fully saturated rings. The average Bonchev–Trinajstić information content (AvgIpc) is 2.80. The third-order valence-corrected chi connectivity index (χ3v) is 2.35. The molecule has 0 unspecified atom stereocenters. The maximum atomic E-state index is 5.53. The lowest BCUT2D eigenvalue weighted by molar-refractivity contribution is 0.0230. The van der Waals surface area contributed by atoms with Gasteiger partial charge in [-0.05, 0) is 11.6 Å². The highest BCUT2D eigenvalue weighted by molar-refractivity contribution is 5.09. The summed E-state index contributed by atoms with van der Waals surface area (Å²) in [5.41, 5.74) is 6.67. The number of ether oxygens (including phenoxy) is 3. The van der Waals surface area contributed by atoms with Gasteiger partial charge in [0.05, 0.1) is 33.0 Å². The topological polar surface area (TPSA) is 58.6 Å². The number of hydrogen-bond acceptors (Lipinski definition) is 4. The van der Waals surface area contributed by atoms with Crippen LogP contribution in [-0.4, -0.2) is 44.7 Å². The molecule has 0 aliphatic heterocycles. The number of methoxy groups -OCH3 is 1. The molecule has 1 aromatic rings. The fourth-order valence-electron chi connectivity index (χ4n) is 1.38. The molecule has 0 atom stereocenters. The first kappa shape index (κ1) is 14.2. The fourth-order valence-corrected chi connectivity index (χ4v) is 1.38. The van der Waals surface area contributed by atoms with E-state index in [9.17, 15) is 0 Å². The lowest BCUT2D eigenvalue weighted by atomic mass is 10.4. The molecule has 0 amide bonds. The van der Waals surface area contributed by atoms with Crippen molar-refractivity contribution in [2.45, 2.75) is 13.1 Å². The van der Waals surface area contributed by atoms with Gasteiger partial charge in [0.1, 0.15) is 0 Å². The van der Waals surface area contributed by atoms with Crippen molar-refractivity contribution in [3.05, 3.63) is 24.0 Å². The van der Waals surface area contributed by atoms with Crippen LogP contribution in [0.15, 0.2) is 18.5 Å². The van der Waals surface area contributed by atoms with Gasteiger partial charge in [0, 0.05) is 32.6 Å². The molecule has 17 heavy (non-hydrogen) atoms. The van der Waals surface area contributed by atoms with Crippen LogP contribution in [0.1, 0.15) is 5.56 Å². The average molecular weight is 242 g/mol. The Labute approximate surface area is 102 Å². The van der Waals surface area contributed by atoms with E-state index in [-0.39, 0.29) is 0 Å². The summed E-state index contributed by atoms with van der Waals surface area (Å²) in [5, 5.41) is 0. The summed E-state index contributed by atoms with van der Waals surface area (Å²) in [7, 11) is 1.66. The Bertz CT molecular complexity index is 289. The zero-order chi connectivity index (χ0) is 12.3. The van der Waals surface area contributed by atoms with Gasteiger partial charge >= 0.3 is 0 Å². The highest BCUT2D eigenvalue weighted by Gasteiger charge is 1.95. The highest BCUT2D eigenvalue weighted by Crippen LogP contribution is 1.99. The van der Waals surface area contributed by atoms with E-state index in [2.05, 4.69) is 4.57 Å². The van der Waals surface area contributed by atoms with Gasteiger partial charge in [0.15, 0.2) is 0 Å². The van der Waals surface area contributed by atoms with Crippen LogP contribution >= 0.6 is 0 Å². The molecule has 0 bridgehead atoms. The van der Waals surface area contributed by atoms with Crippen molar-refractivity contribution in [2.24, 2.45) is 5.73 Å². The third kappa shape index (κ3) is 6.43. The molecular weight excluding hydrogens is 220 g/mol. The molecule has 1 aromatic heterocycles. The van der Waals surface area contributed by atoms with E-state index < -0.39 is 0 Å². The molecule has 0 spiro atoms. The van der Waals surface area contributed by atoms with Crippen molar-refractivity contribution in [1.82, 2.24) is 4.57 Å². The molecule has 1 heterocycles. The van der Waals surface area contributed by atoms with E-state index in [1.807, 2.05) is 18.5 Å². The minimum atomic E-state index is 0.585. The molecule has 98 valence electrons. The summed E-state index contributed by atoms with van der Waals surface area (Å²) in [6.07, 6.45) is 4.05. The molecule has 0 saturated carbocycles. The quantitative estimate of drug-likeness (QED) is 0.611. The minimum Gasteiger partial charge on any atom is -0.382 e. The smallest absolute Gasteiger partial charge is 0.0701 e. The van der Waals surface area contributed by atoms with Gasteiger partial charge in [-0.25, -0.2) is 0 Å². The van der Waals surface area contributed by atoms with Crippen molar-refractivity contribution in [3.63, 3.8) is 0 Å². The predicted octanol–water partition coefficient (Wildman–Crippen LogP) is 0.626. The lowest BCUT2D eigenvalue weighted by Gasteiger charge is -2.06. The second-order valence-corrected chi connectivity index (χ2v) is 3.68. The normalized spacial score (nSPS) is 10.9. The SMILES string of the molecule is COCCOCCOCCn1ccc(CN)c1. The van der Waals surface area contributed by atoms with Gasteiger partial charge in [0.2, 0.25) is 0 Å². The van der Waals surface area contributed by atoms with E-state index in [0.29, 0.717) is 39.6 Å². The fraction of sp³-hybridized carbons (Fsp3) is 0.667. The van der Waals surface area contributed by atoms with E-state index >= 15 is 0 Å².